The molecule has 3 rings (SSSR count). The molecule has 1 fully saturated rings. The van der Waals surface area contributed by atoms with Crippen LogP contribution < -0.4 is 14.8 Å². The zero-order chi connectivity index (χ0) is 35.2. The summed E-state index contributed by atoms with van der Waals surface area (Å²) in [7, 11) is 1.32. The minimum atomic E-state index is -3.23. The maximum absolute atomic E-state index is 13.3. The first-order valence-electron chi connectivity index (χ1n) is 16.8. The van der Waals surface area contributed by atoms with Crippen molar-refractivity contribution in [2.24, 2.45) is 0 Å². The number of β-amino-alcohol motifs (C(OH)–C–C–N with tert-alkyl or cyclic N) is 1. The van der Waals surface area contributed by atoms with Crippen LogP contribution in [0.15, 0.2) is 42.4 Å². The summed E-state index contributed by atoms with van der Waals surface area (Å²) in [6.07, 6.45) is -2.38. The number of piperazine rings is 1. The molecule has 0 bridgehead atoms. The fraction of sp³-hybridized carbons (Fsp3) is 0.458. The van der Waals surface area contributed by atoms with E-state index in [2.05, 4.69) is 0 Å². The second-order valence-electron chi connectivity index (χ2n) is 6.44. The average molecular weight is 443 g/mol. The number of hydrogen-bond acceptors (Lipinski definition) is 6. The molecule has 0 spiro atoms. The van der Waals surface area contributed by atoms with Gasteiger partial charge in [-0.3, -0.25) is 14.6 Å². The highest BCUT2D eigenvalue weighted by atomic mass is 16.5. The Morgan fingerprint density at radius 1 is 1.19 bits per heavy atom. The van der Waals surface area contributed by atoms with Crippen LogP contribution in [0, 0.1) is 13.7 Å². The van der Waals surface area contributed by atoms with E-state index < -0.39 is 80.2 Å². The molecular formula is C24H33N3O4. The number of amides is 1. The third-order valence-electron chi connectivity index (χ3n) is 4.31. The quantitative estimate of drug-likeness (QED) is 0.621. The molecule has 1 amide bonds. The molecule has 1 atom stereocenters. The van der Waals surface area contributed by atoms with Gasteiger partial charge < -0.3 is 19.9 Å². The highest BCUT2D eigenvalue weighted by Crippen LogP contribution is 2.25. The number of anilines is 1. The molecule has 0 aliphatic carbocycles. The van der Waals surface area contributed by atoms with E-state index in [1.807, 2.05) is 5.32 Å². The number of aliphatic hydroxyl groups is 1. The Hall–Kier alpha value is -2.61. The second-order valence-corrected chi connectivity index (χ2v) is 6.44. The Kier molecular flexibility index (Phi) is 3.71. The molecule has 2 aromatic carbocycles. The molecule has 7 heteroatoms. The molecule has 168 valence electrons. The molecular weight excluding hydrogens is 394 g/mol. The van der Waals surface area contributed by atoms with Gasteiger partial charge in [0.2, 0.25) is 5.91 Å². The van der Waals surface area contributed by atoms with Crippen molar-refractivity contribution in [2.45, 2.75) is 19.8 Å². The molecule has 2 N–H and O–H groups in total. The van der Waals surface area contributed by atoms with Crippen molar-refractivity contribution < 1.29 is 39.9 Å². The predicted octanol–water partition coefficient (Wildman–Crippen LogP) is 2.31. The van der Waals surface area contributed by atoms with Crippen LogP contribution in [0.1, 0.15) is 31.7 Å². The third-order valence-corrected chi connectivity index (χ3v) is 4.31. The molecule has 1 unspecified atom stereocenters. The van der Waals surface area contributed by atoms with E-state index in [9.17, 15) is 9.90 Å². The van der Waals surface area contributed by atoms with Crippen molar-refractivity contribution in [3.8, 4) is 11.5 Å². The molecule has 7 nitrogen and oxygen atoms in total. The zero-order valence-electron chi connectivity index (χ0n) is 31.8. The lowest BCUT2D eigenvalue weighted by molar-refractivity contribution is -0.117. The molecule has 1 heterocycles. The van der Waals surface area contributed by atoms with E-state index >= 15 is 0 Å². The lowest BCUT2D eigenvalue weighted by Gasteiger charge is -2.35. The van der Waals surface area contributed by atoms with Gasteiger partial charge in [0, 0.05) is 49.3 Å². The van der Waals surface area contributed by atoms with Crippen molar-refractivity contribution in [2.75, 3.05) is 58.2 Å². The fourth-order valence-electron chi connectivity index (χ4n) is 2.79. The summed E-state index contributed by atoms with van der Waals surface area (Å²) in [4.78, 5) is 15.2. The summed E-state index contributed by atoms with van der Waals surface area (Å²) >= 11 is 0. The van der Waals surface area contributed by atoms with Gasteiger partial charge in [0.05, 0.1) is 23.2 Å². The van der Waals surface area contributed by atoms with Crippen LogP contribution in [0.25, 0.3) is 0 Å². The number of carbonyl (C=O) groups excluding carboxylic acids is 1. The Morgan fingerprint density at radius 3 is 2.48 bits per heavy atom. The first kappa shape index (κ1) is 10.3. The highest BCUT2D eigenvalue weighted by Gasteiger charge is 2.21. The van der Waals surface area contributed by atoms with Crippen LogP contribution in [0.4, 0.5) is 5.69 Å². The molecule has 0 radical (unpaired) electrons. The molecule has 31 heavy (non-hydrogen) atoms. The number of nitrogens with one attached hydrogen (secondary N) is 1. The molecule has 0 saturated carbocycles. The number of aliphatic hydroxyl groups excluding tert-OH is 1. The van der Waals surface area contributed by atoms with E-state index in [-0.39, 0.29) is 37.7 Å². The summed E-state index contributed by atoms with van der Waals surface area (Å²) in [6.45, 7) is -16.5. The normalized spacial score (nSPS) is 25.3. The van der Waals surface area contributed by atoms with Crippen molar-refractivity contribution in [3.05, 3.63) is 53.5 Å². The lowest BCUT2D eigenvalue weighted by Crippen LogP contribution is -2.50. The Balaban J connectivity index is 1.83. The van der Waals surface area contributed by atoms with Gasteiger partial charge in [-0.15, -0.1) is 0 Å². The van der Waals surface area contributed by atoms with Crippen molar-refractivity contribution >= 4 is 11.6 Å². The summed E-state index contributed by atoms with van der Waals surface area (Å²) in [6, 6.07) is 2.91. The predicted molar refractivity (Wildman–Crippen MR) is 122 cm³/mol. The van der Waals surface area contributed by atoms with Gasteiger partial charge in [-0.1, -0.05) is 30.3 Å². The minimum Gasteiger partial charge on any atom is -0.493 e. The minimum absolute atomic E-state index is 0.0929. The van der Waals surface area contributed by atoms with E-state index in [4.69, 9.17) is 30.0 Å². The van der Waals surface area contributed by atoms with E-state index in [1.165, 1.54) is 25.3 Å². The lowest BCUT2D eigenvalue weighted by atomic mass is 10.1. The highest BCUT2D eigenvalue weighted by molar-refractivity contribution is 5.93. The van der Waals surface area contributed by atoms with Gasteiger partial charge >= 0.3 is 0 Å². The maximum Gasteiger partial charge on any atom is 0.238 e. The summed E-state index contributed by atoms with van der Waals surface area (Å²) in [5.41, 5.74) is -3.07. The second kappa shape index (κ2) is 11.1. The van der Waals surface area contributed by atoms with Gasteiger partial charge in [-0.05, 0) is 37.0 Å². The number of ether oxygens (including phenoxy) is 2. The molecule has 0 aromatic heterocycles. The van der Waals surface area contributed by atoms with Gasteiger partial charge in [0.25, 0.3) is 0 Å². The monoisotopic (exact) mass is 442 g/mol. The third kappa shape index (κ3) is 6.69. The Labute approximate surface area is 205 Å². The molecule has 1 aliphatic rings. The number of rotatable bonds is 9. The number of nitrogens with zero attached hydrogens (tertiary/aromatic N) is 2. The molecule has 2 aromatic rings. The van der Waals surface area contributed by atoms with Crippen molar-refractivity contribution in [3.63, 3.8) is 0 Å². The summed E-state index contributed by atoms with van der Waals surface area (Å²) in [5, 5.41) is 12.7. The Morgan fingerprint density at radius 2 is 1.84 bits per heavy atom. The van der Waals surface area contributed by atoms with Crippen LogP contribution in [0.5, 0.6) is 11.5 Å². The van der Waals surface area contributed by atoms with Crippen LogP contribution in [-0.2, 0) is 4.79 Å². The first-order chi connectivity index (χ1) is 20.9. The smallest absolute Gasteiger partial charge is 0.238 e. The number of methoxy groups -OCH3 is 1. The number of benzene rings is 2. The first-order valence-corrected chi connectivity index (χ1v) is 9.35. The number of hydrogen-bond donors (Lipinski definition) is 2. The van der Waals surface area contributed by atoms with E-state index in [1.54, 1.807) is 6.07 Å². The van der Waals surface area contributed by atoms with Crippen molar-refractivity contribution in [1.29, 1.82) is 0 Å². The fourth-order valence-corrected chi connectivity index (χ4v) is 2.79. The van der Waals surface area contributed by atoms with Crippen LogP contribution in [0.2, 0.25) is 0 Å². The summed E-state index contributed by atoms with van der Waals surface area (Å²) in [5.74, 6) is -1.50. The average Bonchev–Trinajstić information content (AvgIpc) is 2.94. The topological polar surface area (TPSA) is 74.3 Å². The maximum atomic E-state index is 13.3. The van der Waals surface area contributed by atoms with Crippen molar-refractivity contribution in [1.82, 2.24) is 9.80 Å². The van der Waals surface area contributed by atoms with E-state index in [0.717, 1.165) is 9.80 Å². The zero-order valence-corrected chi connectivity index (χ0v) is 16.8. The largest absolute Gasteiger partial charge is 0.493 e. The van der Waals surface area contributed by atoms with Crippen LogP contribution >= 0.6 is 0 Å². The standard InChI is InChI=1S/C24H33N3O4/c1-18-7-6-8-19(2)24(18)25-23(29)16-27-13-11-26(12-14-27)15-20(28)17-31-22-10-5-4-9-21(22)30-3/h4-10,20,28H,11-17H2,1-3H3,(H,25,29)/i1D3,2D3,6D,7D,8D,15D2,16D2,17D2. The number of para-hydroxylation sites is 3. The van der Waals surface area contributed by atoms with Crippen LogP contribution in [0.3, 0.4) is 0 Å². The van der Waals surface area contributed by atoms with Gasteiger partial charge in [0.15, 0.2) is 11.5 Å². The summed E-state index contributed by atoms with van der Waals surface area (Å²) < 4.78 is 131. The Bertz CT molecular complexity index is 1400. The van der Waals surface area contributed by atoms with Crippen LogP contribution in [-0.4, -0.2) is 79.8 Å². The van der Waals surface area contributed by atoms with Gasteiger partial charge in [-0.2, -0.15) is 0 Å². The molecule has 1 aliphatic heterocycles. The SMILES string of the molecule is [2H]c1c([2H])c(C([2H])([2H])[2H])c(NC(=O)C([2H])([2H])N2CCN(C([2H])([2H])C(O)C([2H])([2H])Oc3ccccc3OC)CC2)c(C([2H])([2H])[2H])c1[2H]. The van der Waals surface area contributed by atoms with Gasteiger partial charge in [-0.25, -0.2) is 0 Å². The van der Waals surface area contributed by atoms with Gasteiger partial charge in [0.1, 0.15) is 12.7 Å². The number of carbonyl (C=O) groups is 1. The molecule has 1 saturated heterocycles. The van der Waals surface area contributed by atoms with E-state index in [0.29, 0.717) is 0 Å².